The Hall–Kier alpha value is -2.65. The summed E-state index contributed by atoms with van der Waals surface area (Å²) in [5, 5.41) is 10.2. The molecule has 3 aromatic rings. The Morgan fingerprint density at radius 1 is 0.886 bits per heavy atom. The normalized spacial score (nSPS) is 23.7. The largest absolute Gasteiger partial charge is 0.395 e. The number of benzene rings is 3. The van der Waals surface area contributed by atoms with Crippen molar-refractivity contribution < 1.29 is 22.3 Å². The molecule has 35 heavy (non-hydrogen) atoms. The molecule has 2 aliphatic heterocycles. The first-order valence-corrected chi connectivity index (χ1v) is 13.3. The third-order valence-corrected chi connectivity index (χ3v) is 9.14. The lowest BCUT2D eigenvalue weighted by molar-refractivity contribution is -0.0553. The van der Waals surface area contributed by atoms with Gasteiger partial charge in [0.15, 0.2) is 0 Å². The van der Waals surface area contributed by atoms with E-state index >= 15 is 0 Å². The SMILES string of the molecule is O=S(=O)(c1ccc(F)cc1)N1CCCCN2[C@H](C1)[C@@H](c1ccc(-c3ccccc3F)cc1)[C@@H]2CO. The second-order valence-electron chi connectivity index (χ2n) is 9.21. The van der Waals surface area contributed by atoms with Crippen molar-refractivity contribution in [3.05, 3.63) is 90.0 Å². The highest BCUT2D eigenvalue weighted by atomic mass is 32.2. The molecule has 5 rings (SSSR count). The van der Waals surface area contributed by atoms with Gasteiger partial charge in [-0.25, -0.2) is 17.2 Å². The van der Waals surface area contributed by atoms with E-state index < -0.39 is 15.8 Å². The van der Waals surface area contributed by atoms with Crippen LogP contribution in [0, 0.1) is 11.6 Å². The fourth-order valence-electron chi connectivity index (χ4n) is 5.46. The number of sulfonamides is 1. The molecule has 2 aliphatic rings. The number of aliphatic hydroxyl groups excluding tert-OH is 1. The minimum absolute atomic E-state index is 0.0268. The van der Waals surface area contributed by atoms with Crippen molar-refractivity contribution in [1.29, 1.82) is 0 Å². The molecule has 0 aliphatic carbocycles. The van der Waals surface area contributed by atoms with Gasteiger partial charge in [-0.1, -0.05) is 42.5 Å². The van der Waals surface area contributed by atoms with Gasteiger partial charge in [-0.05, 0) is 60.8 Å². The van der Waals surface area contributed by atoms with Gasteiger partial charge in [0.25, 0.3) is 0 Å². The van der Waals surface area contributed by atoms with Crippen molar-refractivity contribution in [2.75, 3.05) is 26.2 Å². The van der Waals surface area contributed by atoms with Crippen molar-refractivity contribution in [3.8, 4) is 11.1 Å². The minimum Gasteiger partial charge on any atom is -0.395 e. The zero-order valence-corrected chi connectivity index (χ0v) is 20.0. The molecule has 0 saturated carbocycles. The Labute approximate surface area is 204 Å². The summed E-state index contributed by atoms with van der Waals surface area (Å²) < 4.78 is 55.8. The second kappa shape index (κ2) is 9.78. The van der Waals surface area contributed by atoms with Gasteiger partial charge in [-0.2, -0.15) is 4.31 Å². The molecular formula is C27H28F2N2O3S. The zero-order chi connectivity index (χ0) is 24.6. The van der Waals surface area contributed by atoms with Gasteiger partial charge in [0.2, 0.25) is 10.0 Å². The molecule has 8 heteroatoms. The standard InChI is InChI=1S/C27H28F2N2O3S/c28-21-11-13-22(14-12-21)35(33,34)30-15-3-4-16-31-25(17-30)27(26(31)18-32)20-9-7-19(8-10-20)23-5-1-2-6-24(23)29/h1-2,5-14,25-27,32H,3-4,15-18H2/t25-,26+,27-/m1/s1. The summed E-state index contributed by atoms with van der Waals surface area (Å²) in [5.41, 5.74) is 2.28. The smallest absolute Gasteiger partial charge is 0.243 e. The van der Waals surface area contributed by atoms with Crippen LogP contribution in [0.2, 0.25) is 0 Å². The van der Waals surface area contributed by atoms with Crippen molar-refractivity contribution in [3.63, 3.8) is 0 Å². The lowest BCUT2D eigenvalue weighted by Gasteiger charge is -2.57. The summed E-state index contributed by atoms with van der Waals surface area (Å²) in [5.74, 6) is -0.824. The van der Waals surface area contributed by atoms with Crippen molar-refractivity contribution in [2.45, 2.75) is 35.7 Å². The summed E-state index contributed by atoms with van der Waals surface area (Å²) in [6.07, 6.45) is 1.53. The van der Waals surface area contributed by atoms with Crippen LogP contribution in [0.5, 0.6) is 0 Å². The zero-order valence-electron chi connectivity index (χ0n) is 19.2. The number of fused-ring (bicyclic) bond motifs is 1. The van der Waals surface area contributed by atoms with Crippen molar-refractivity contribution >= 4 is 10.0 Å². The summed E-state index contributed by atoms with van der Waals surface area (Å²) in [6, 6.07) is 19.0. The van der Waals surface area contributed by atoms with Gasteiger partial charge in [-0.15, -0.1) is 0 Å². The number of rotatable bonds is 5. The molecule has 5 nitrogen and oxygen atoms in total. The van der Waals surface area contributed by atoms with Crippen LogP contribution in [0.15, 0.2) is 77.7 Å². The van der Waals surface area contributed by atoms with Gasteiger partial charge >= 0.3 is 0 Å². The van der Waals surface area contributed by atoms with E-state index in [0.29, 0.717) is 18.5 Å². The molecule has 0 spiro atoms. The first-order valence-electron chi connectivity index (χ1n) is 11.9. The Kier molecular flexibility index (Phi) is 6.72. The van der Waals surface area contributed by atoms with Gasteiger partial charge in [-0.3, -0.25) is 4.90 Å². The van der Waals surface area contributed by atoms with E-state index in [2.05, 4.69) is 4.90 Å². The highest BCUT2D eigenvalue weighted by Gasteiger charge is 2.50. The molecule has 0 amide bonds. The van der Waals surface area contributed by atoms with Gasteiger partial charge in [0.1, 0.15) is 11.6 Å². The number of hydrogen-bond acceptors (Lipinski definition) is 4. The van der Waals surface area contributed by atoms with E-state index in [0.717, 1.165) is 36.2 Å². The third-order valence-electron chi connectivity index (χ3n) is 7.26. The Morgan fingerprint density at radius 3 is 2.26 bits per heavy atom. The topological polar surface area (TPSA) is 60.9 Å². The monoisotopic (exact) mass is 498 g/mol. The molecule has 2 fully saturated rings. The quantitative estimate of drug-likeness (QED) is 0.572. The van der Waals surface area contributed by atoms with E-state index in [1.165, 1.54) is 22.5 Å². The maximum Gasteiger partial charge on any atom is 0.243 e. The third kappa shape index (κ3) is 4.51. The summed E-state index contributed by atoms with van der Waals surface area (Å²) in [4.78, 5) is 2.27. The number of aliphatic hydroxyl groups is 1. The molecule has 0 radical (unpaired) electrons. The summed E-state index contributed by atoms with van der Waals surface area (Å²) in [7, 11) is -3.78. The maximum atomic E-state index is 14.2. The van der Waals surface area contributed by atoms with E-state index in [9.17, 15) is 22.3 Å². The molecule has 3 atom stereocenters. The van der Waals surface area contributed by atoms with E-state index in [1.807, 2.05) is 24.3 Å². The maximum absolute atomic E-state index is 14.2. The average Bonchev–Trinajstić information content (AvgIpc) is 2.84. The average molecular weight is 499 g/mol. The first-order chi connectivity index (χ1) is 16.9. The minimum atomic E-state index is -3.78. The van der Waals surface area contributed by atoms with Crippen LogP contribution in [-0.4, -0.2) is 61.1 Å². The lowest BCUT2D eigenvalue weighted by Crippen LogP contribution is -2.67. The molecule has 0 aromatic heterocycles. The Balaban J connectivity index is 1.43. The molecule has 1 N–H and O–H groups in total. The van der Waals surface area contributed by atoms with Crippen LogP contribution < -0.4 is 0 Å². The van der Waals surface area contributed by atoms with Crippen LogP contribution in [0.4, 0.5) is 8.78 Å². The highest BCUT2D eigenvalue weighted by Crippen LogP contribution is 2.43. The van der Waals surface area contributed by atoms with Crippen LogP contribution in [0.1, 0.15) is 24.3 Å². The van der Waals surface area contributed by atoms with Gasteiger partial charge in [0, 0.05) is 36.7 Å². The van der Waals surface area contributed by atoms with Crippen LogP contribution in [0.3, 0.4) is 0 Å². The molecule has 3 aromatic carbocycles. The summed E-state index contributed by atoms with van der Waals surface area (Å²) >= 11 is 0. The number of nitrogens with zero attached hydrogens (tertiary/aromatic N) is 2. The predicted octanol–water partition coefficient (Wildman–Crippen LogP) is 4.25. The fourth-order valence-corrected chi connectivity index (χ4v) is 6.96. The molecule has 2 saturated heterocycles. The fraction of sp³-hybridized carbons (Fsp3) is 0.333. The van der Waals surface area contributed by atoms with E-state index in [4.69, 9.17) is 0 Å². The first kappa shape index (κ1) is 24.1. The second-order valence-corrected chi connectivity index (χ2v) is 11.1. The van der Waals surface area contributed by atoms with E-state index in [1.54, 1.807) is 18.2 Å². The van der Waals surface area contributed by atoms with Crippen molar-refractivity contribution in [2.24, 2.45) is 0 Å². The lowest BCUT2D eigenvalue weighted by atomic mass is 9.74. The van der Waals surface area contributed by atoms with Crippen LogP contribution >= 0.6 is 0 Å². The Morgan fingerprint density at radius 2 is 1.57 bits per heavy atom. The number of halogens is 2. The van der Waals surface area contributed by atoms with Crippen molar-refractivity contribution in [1.82, 2.24) is 9.21 Å². The molecular weight excluding hydrogens is 470 g/mol. The van der Waals surface area contributed by atoms with Gasteiger partial charge in [0.05, 0.1) is 11.5 Å². The Bertz CT molecular complexity index is 1280. The predicted molar refractivity (Wildman–Crippen MR) is 130 cm³/mol. The molecule has 0 unspecified atom stereocenters. The van der Waals surface area contributed by atoms with E-state index in [-0.39, 0.29) is 41.9 Å². The summed E-state index contributed by atoms with van der Waals surface area (Å²) in [6.45, 7) is 1.45. The van der Waals surface area contributed by atoms with Crippen LogP contribution in [0.25, 0.3) is 11.1 Å². The molecule has 2 heterocycles. The molecule has 184 valence electrons. The number of hydrogen-bond donors (Lipinski definition) is 1. The highest BCUT2D eigenvalue weighted by molar-refractivity contribution is 7.89. The van der Waals surface area contributed by atoms with Crippen LogP contribution in [-0.2, 0) is 10.0 Å². The molecule has 0 bridgehead atoms. The van der Waals surface area contributed by atoms with Gasteiger partial charge < -0.3 is 5.11 Å².